The summed E-state index contributed by atoms with van der Waals surface area (Å²) in [6.45, 7) is 12.5. The Morgan fingerprint density at radius 1 is 1.15 bits per heavy atom. The van der Waals surface area contributed by atoms with Crippen LogP contribution >= 0.6 is 0 Å². The zero-order valence-corrected chi connectivity index (χ0v) is 14.5. The largest absolute Gasteiger partial charge is 0.309 e. The van der Waals surface area contributed by atoms with Crippen LogP contribution in [-0.2, 0) is 9.84 Å². The Bertz CT molecular complexity index is 565. The minimum atomic E-state index is -3.18. The summed E-state index contributed by atoms with van der Waals surface area (Å²) in [5, 5.41) is 3.37. The first kappa shape index (κ1) is 17.2. The van der Waals surface area contributed by atoms with Gasteiger partial charge in [-0.05, 0) is 57.9 Å². The lowest BCUT2D eigenvalue weighted by Gasteiger charge is -2.35. The second-order valence-corrected chi connectivity index (χ2v) is 8.78. The van der Waals surface area contributed by atoms with Gasteiger partial charge in [0.15, 0.2) is 9.84 Å². The molecule has 0 saturated heterocycles. The molecule has 0 aliphatic heterocycles. The van der Waals surface area contributed by atoms with Crippen LogP contribution in [0.25, 0.3) is 0 Å². The van der Waals surface area contributed by atoms with Gasteiger partial charge >= 0.3 is 0 Å². The molecule has 1 atom stereocenters. The van der Waals surface area contributed by atoms with Gasteiger partial charge in [-0.2, -0.15) is 0 Å². The first-order valence-electron chi connectivity index (χ1n) is 7.03. The van der Waals surface area contributed by atoms with E-state index in [1.54, 1.807) is 13.8 Å². The molecule has 1 unspecified atom stereocenters. The molecule has 0 bridgehead atoms. The molecular weight excluding hydrogens is 270 g/mol. The molecule has 0 aliphatic carbocycles. The molecule has 0 aromatic heterocycles. The van der Waals surface area contributed by atoms with Crippen LogP contribution in [0.1, 0.15) is 49.1 Å². The lowest BCUT2D eigenvalue weighted by Crippen LogP contribution is -2.45. The standard InChI is InChI=1S/C16H27NO2S/c1-8-17-15(16(5,6)20(7,18)19)14-12(3)9-11(2)10-13(14)4/h9-10,15,17H,8H2,1-7H3. The molecular formula is C16H27NO2S. The Kier molecular flexibility index (Phi) is 5.03. The fourth-order valence-electron chi connectivity index (χ4n) is 2.76. The van der Waals surface area contributed by atoms with Gasteiger partial charge in [0, 0.05) is 6.26 Å². The highest BCUT2D eigenvalue weighted by atomic mass is 32.2. The van der Waals surface area contributed by atoms with Crippen molar-refractivity contribution in [2.45, 2.75) is 52.3 Å². The van der Waals surface area contributed by atoms with Crippen LogP contribution in [0.5, 0.6) is 0 Å². The van der Waals surface area contributed by atoms with Crippen molar-refractivity contribution < 1.29 is 8.42 Å². The molecule has 0 aliphatic rings. The summed E-state index contributed by atoms with van der Waals surface area (Å²) in [7, 11) is -3.18. The van der Waals surface area contributed by atoms with E-state index in [9.17, 15) is 8.42 Å². The molecule has 4 heteroatoms. The van der Waals surface area contributed by atoms with Gasteiger partial charge in [-0.1, -0.05) is 24.6 Å². The van der Waals surface area contributed by atoms with Gasteiger partial charge in [-0.25, -0.2) is 8.42 Å². The lowest BCUT2D eigenvalue weighted by molar-refractivity contribution is 0.425. The van der Waals surface area contributed by atoms with Crippen molar-refractivity contribution >= 4 is 9.84 Å². The van der Waals surface area contributed by atoms with Crippen molar-refractivity contribution in [3.05, 3.63) is 34.4 Å². The van der Waals surface area contributed by atoms with E-state index in [1.807, 2.05) is 6.92 Å². The average Bonchev–Trinajstić information content (AvgIpc) is 2.24. The van der Waals surface area contributed by atoms with Crippen molar-refractivity contribution in [2.24, 2.45) is 0 Å². The fourth-order valence-corrected chi connectivity index (χ4v) is 3.39. The molecule has 0 radical (unpaired) electrons. The van der Waals surface area contributed by atoms with Gasteiger partial charge in [-0.15, -0.1) is 0 Å². The van der Waals surface area contributed by atoms with Gasteiger partial charge in [-0.3, -0.25) is 0 Å². The highest BCUT2D eigenvalue weighted by Gasteiger charge is 2.40. The Morgan fingerprint density at radius 2 is 1.60 bits per heavy atom. The van der Waals surface area contributed by atoms with E-state index >= 15 is 0 Å². The third-order valence-corrected chi connectivity index (χ3v) is 6.23. The molecule has 114 valence electrons. The summed E-state index contributed by atoms with van der Waals surface area (Å²) in [5.74, 6) is 0. The second kappa shape index (κ2) is 5.86. The number of benzene rings is 1. The SMILES string of the molecule is CCNC(c1c(C)cc(C)cc1C)C(C)(C)S(C)(=O)=O. The number of nitrogens with one attached hydrogen (secondary N) is 1. The molecule has 1 N–H and O–H groups in total. The second-order valence-electron chi connectivity index (χ2n) is 6.18. The van der Waals surface area contributed by atoms with Gasteiger partial charge in [0.1, 0.15) is 0 Å². The fraction of sp³-hybridized carbons (Fsp3) is 0.625. The molecule has 3 nitrogen and oxygen atoms in total. The van der Waals surface area contributed by atoms with Crippen LogP contribution in [0.4, 0.5) is 0 Å². The topological polar surface area (TPSA) is 46.2 Å². The highest BCUT2D eigenvalue weighted by Crippen LogP contribution is 2.36. The smallest absolute Gasteiger partial charge is 0.154 e. The molecule has 1 rings (SSSR count). The zero-order chi connectivity index (χ0) is 15.7. The monoisotopic (exact) mass is 297 g/mol. The first-order valence-corrected chi connectivity index (χ1v) is 8.92. The third-order valence-electron chi connectivity index (χ3n) is 4.09. The lowest BCUT2D eigenvalue weighted by atomic mass is 9.87. The predicted octanol–water partition coefficient (Wildman–Crippen LogP) is 3.09. The summed E-state index contributed by atoms with van der Waals surface area (Å²) in [6, 6.07) is 4.03. The summed E-state index contributed by atoms with van der Waals surface area (Å²) >= 11 is 0. The molecule has 0 heterocycles. The number of rotatable bonds is 5. The van der Waals surface area contributed by atoms with Gasteiger partial charge in [0.2, 0.25) is 0 Å². The van der Waals surface area contributed by atoms with Gasteiger partial charge in [0.05, 0.1) is 10.8 Å². The third kappa shape index (κ3) is 3.23. The molecule has 1 aromatic rings. The minimum absolute atomic E-state index is 0.205. The van der Waals surface area contributed by atoms with Crippen molar-refractivity contribution in [3.63, 3.8) is 0 Å². The molecule has 1 aromatic carbocycles. The minimum Gasteiger partial charge on any atom is -0.309 e. The maximum Gasteiger partial charge on any atom is 0.154 e. The van der Waals surface area contributed by atoms with Crippen molar-refractivity contribution in [2.75, 3.05) is 12.8 Å². The molecule has 20 heavy (non-hydrogen) atoms. The van der Waals surface area contributed by atoms with E-state index in [4.69, 9.17) is 0 Å². The Labute approximate surface area is 123 Å². The van der Waals surface area contributed by atoms with E-state index in [2.05, 4.69) is 38.2 Å². The van der Waals surface area contributed by atoms with E-state index < -0.39 is 14.6 Å². The molecule has 0 fully saturated rings. The normalized spacial score (nSPS) is 14.3. The Morgan fingerprint density at radius 3 is 1.95 bits per heavy atom. The molecule has 0 saturated carbocycles. The predicted molar refractivity (Wildman–Crippen MR) is 86.0 cm³/mol. The average molecular weight is 297 g/mol. The number of aryl methyl sites for hydroxylation is 3. The van der Waals surface area contributed by atoms with Crippen LogP contribution < -0.4 is 5.32 Å². The maximum absolute atomic E-state index is 12.2. The number of hydrogen-bond acceptors (Lipinski definition) is 3. The van der Waals surface area contributed by atoms with Crippen LogP contribution in [0.3, 0.4) is 0 Å². The maximum atomic E-state index is 12.2. The van der Waals surface area contributed by atoms with Crippen molar-refractivity contribution in [1.29, 1.82) is 0 Å². The summed E-state index contributed by atoms with van der Waals surface area (Å²) < 4.78 is 23.5. The van der Waals surface area contributed by atoms with Crippen LogP contribution in [0, 0.1) is 20.8 Å². The first-order chi connectivity index (χ1) is 9.02. The molecule has 0 amide bonds. The Hall–Kier alpha value is -0.870. The Balaban J connectivity index is 3.51. The zero-order valence-electron chi connectivity index (χ0n) is 13.7. The summed E-state index contributed by atoms with van der Waals surface area (Å²) in [5.41, 5.74) is 4.60. The number of sulfone groups is 1. The van der Waals surface area contributed by atoms with E-state index in [0.717, 1.165) is 23.2 Å². The summed E-state index contributed by atoms with van der Waals surface area (Å²) in [4.78, 5) is 0. The quantitative estimate of drug-likeness (QED) is 0.908. The highest BCUT2D eigenvalue weighted by molar-refractivity contribution is 7.92. The summed E-state index contributed by atoms with van der Waals surface area (Å²) in [6.07, 6.45) is 1.32. The van der Waals surface area contributed by atoms with Gasteiger partial charge in [0.25, 0.3) is 0 Å². The van der Waals surface area contributed by atoms with Crippen molar-refractivity contribution in [1.82, 2.24) is 5.32 Å². The van der Waals surface area contributed by atoms with Crippen LogP contribution in [0.2, 0.25) is 0 Å². The van der Waals surface area contributed by atoms with Crippen molar-refractivity contribution in [3.8, 4) is 0 Å². The van der Waals surface area contributed by atoms with Crippen LogP contribution in [-0.4, -0.2) is 26.0 Å². The number of hydrogen-bond donors (Lipinski definition) is 1. The van der Waals surface area contributed by atoms with Crippen LogP contribution in [0.15, 0.2) is 12.1 Å². The van der Waals surface area contributed by atoms with E-state index in [-0.39, 0.29) is 6.04 Å². The van der Waals surface area contributed by atoms with Gasteiger partial charge < -0.3 is 5.32 Å². The van der Waals surface area contributed by atoms with E-state index in [0.29, 0.717) is 0 Å². The van der Waals surface area contributed by atoms with E-state index in [1.165, 1.54) is 11.8 Å². The molecule has 0 spiro atoms.